The Balaban J connectivity index is 2.26. The van der Waals surface area contributed by atoms with E-state index in [2.05, 4.69) is 0 Å². The molecular formula is C13H9ClN2O. The normalized spacial score (nSPS) is 9.65. The van der Waals surface area contributed by atoms with E-state index in [1.54, 1.807) is 42.5 Å². The molecule has 0 fully saturated rings. The average molecular weight is 245 g/mol. The fourth-order valence-corrected chi connectivity index (χ4v) is 1.50. The molecule has 2 aromatic carbocycles. The van der Waals surface area contributed by atoms with E-state index in [1.807, 2.05) is 6.07 Å². The van der Waals surface area contributed by atoms with Gasteiger partial charge >= 0.3 is 0 Å². The van der Waals surface area contributed by atoms with Crippen molar-refractivity contribution in [2.45, 2.75) is 0 Å². The summed E-state index contributed by atoms with van der Waals surface area (Å²) in [6.45, 7) is 0. The number of ether oxygens (including phenoxy) is 1. The van der Waals surface area contributed by atoms with Gasteiger partial charge in [0.2, 0.25) is 0 Å². The van der Waals surface area contributed by atoms with Crippen LogP contribution < -0.4 is 10.5 Å². The molecule has 0 radical (unpaired) electrons. The predicted molar refractivity (Wildman–Crippen MR) is 67.1 cm³/mol. The van der Waals surface area contributed by atoms with Crippen LogP contribution in [0.15, 0.2) is 42.5 Å². The number of hydrogen-bond acceptors (Lipinski definition) is 3. The van der Waals surface area contributed by atoms with Gasteiger partial charge in [0.1, 0.15) is 5.75 Å². The molecule has 0 aromatic heterocycles. The Bertz CT molecular complexity index is 573. The molecule has 0 amide bonds. The lowest BCUT2D eigenvalue weighted by molar-refractivity contribution is 0.485. The number of rotatable bonds is 2. The van der Waals surface area contributed by atoms with Crippen molar-refractivity contribution >= 4 is 17.3 Å². The van der Waals surface area contributed by atoms with E-state index in [9.17, 15) is 0 Å². The maximum atomic E-state index is 8.67. The molecule has 4 heteroatoms. The van der Waals surface area contributed by atoms with Crippen molar-refractivity contribution in [3.8, 4) is 17.6 Å². The van der Waals surface area contributed by atoms with Crippen LogP contribution in [0.5, 0.6) is 11.5 Å². The van der Waals surface area contributed by atoms with Crippen molar-refractivity contribution in [2.24, 2.45) is 0 Å². The molecule has 2 rings (SSSR count). The molecule has 0 spiro atoms. The van der Waals surface area contributed by atoms with E-state index in [-0.39, 0.29) is 0 Å². The Labute approximate surface area is 104 Å². The number of hydrogen-bond donors (Lipinski definition) is 1. The van der Waals surface area contributed by atoms with Crippen LogP contribution in [0.3, 0.4) is 0 Å². The van der Waals surface area contributed by atoms with Gasteiger partial charge in [0.15, 0.2) is 5.75 Å². The third-order valence-electron chi connectivity index (χ3n) is 2.22. The minimum Gasteiger partial charge on any atom is -0.455 e. The van der Waals surface area contributed by atoms with Crippen LogP contribution >= 0.6 is 11.6 Å². The zero-order valence-electron chi connectivity index (χ0n) is 8.85. The second-order valence-corrected chi connectivity index (χ2v) is 3.80. The molecule has 0 aliphatic carbocycles. The quantitative estimate of drug-likeness (QED) is 0.822. The third-order valence-corrected chi connectivity index (χ3v) is 2.55. The zero-order chi connectivity index (χ0) is 12.3. The molecule has 0 atom stereocenters. The van der Waals surface area contributed by atoms with Crippen LogP contribution in [0.4, 0.5) is 5.69 Å². The summed E-state index contributed by atoms with van der Waals surface area (Å²) in [5, 5.41) is 9.13. The van der Waals surface area contributed by atoms with E-state index in [1.165, 1.54) is 0 Å². The number of para-hydroxylation sites is 1. The highest BCUT2D eigenvalue weighted by Crippen LogP contribution is 2.32. The standard InChI is InChI=1S/C13H9ClN2O/c14-11-2-1-3-12(13(11)16)17-10-6-4-9(8-15)5-7-10/h1-7H,16H2. The van der Waals surface area contributed by atoms with Crippen molar-refractivity contribution in [1.29, 1.82) is 5.26 Å². The van der Waals surface area contributed by atoms with E-state index in [4.69, 9.17) is 27.3 Å². The fraction of sp³-hybridized carbons (Fsp3) is 0. The maximum absolute atomic E-state index is 8.67. The Hall–Kier alpha value is -2.18. The van der Waals surface area contributed by atoms with Gasteiger partial charge in [-0.2, -0.15) is 5.26 Å². The zero-order valence-corrected chi connectivity index (χ0v) is 9.61. The van der Waals surface area contributed by atoms with Crippen molar-refractivity contribution in [2.75, 3.05) is 5.73 Å². The van der Waals surface area contributed by atoms with Gasteiger partial charge in [-0.25, -0.2) is 0 Å². The molecule has 0 saturated carbocycles. The summed E-state index contributed by atoms with van der Waals surface area (Å²) in [5.74, 6) is 1.11. The van der Waals surface area contributed by atoms with Crippen LogP contribution in [0.2, 0.25) is 5.02 Å². The summed E-state index contributed by atoms with van der Waals surface area (Å²) in [5.41, 5.74) is 6.76. The fourth-order valence-electron chi connectivity index (χ4n) is 1.33. The SMILES string of the molecule is N#Cc1ccc(Oc2cccc(Cl)c2N)cc1. The summed E-state index contributed by atoms with van der Waals surface area (Å²) in [6, 6.07) is 14.0. The van der Waals surface area contributed by atoms with Gasteiger partial charge < -0.3 is 10.5 Å². The van der Waals surface area contributed by atoms with Crippen molar-refractivity contribution in [3.05, 3.63) is 53.1 Å². The van der Waals surface area contributed by atoms with Crippen LogP contribution in [-0.4, -0.2) is 0 Å². The number of nitrogens with two attached hydrogens (primary N) is 1. The Morgan fingerprint density at radius 3 is 2.47 bits per heavy atom. The highest BCUT2D eigenvalue weighted by molar-refractivity contribution is 6.33. The predicted octanol–water partition coefficient (Wildman–Crippen LogP) is 3.59. The van der Waals surface area contributed by atoms with Crippen LogP contribution in [0, 0.1) is 11.3 Å². The van der Waals surface area contributed by atoms with Gasteiger partial charge in [0.25, 0.3) is 0 Å². The first-order chi connectivity index (χ1) is 8.20. The summed E-state index contributed by atoms with van der Waals surface area (Å²) in [4.78, 5) is 0. The smallest absolute Gasteiger partial charge is 0.151 e. The molecule has 0 heterocycles. The summed E-state index contributed by atoms with van der Waals surface area (Å²) in [7, 11) is 0. The van der Waals surface area contributed by atoms with Crippen molar-refractivity contribution in [1.82, 2.24) is 0 Å². The van der Waals surface area contributed by atoms with Crippen LogP contribution in [0.25, 0.3) is 0 Å². The largest absolute Gasteiger partial charge is 0.455 e. The molecule has 0 saturated heterocycles. The molecular weight excluding hydrogens is 236 g/mol. The monoisotopic (exact) mass is 244 g/mol. The van der Waals surface area contributed by atoms with Gasteiger partial charge in [0, 0.05) is 0 Å². The summed E-state index contributed by atoms with van der Waals surface area (Å²) >= 11 is 5.88. The number of nitriles is 1. The van der Waals surface area contributed by atoms with Crippen molar-refractivity contribution < 1.29 is 4.74 Å². The average Bonchev–Trinajstić information content (AvgIpc) is 2.36. The molecule has 2 N–H and O–H groups in total. The number of nitrogens with zero attached hydrogens (tertiary/aromatic N) is 1. The van der Waals surface area contributed by atoms with Gasteiger partial charge in [0.05, 0.1) is 22.3 Å². The topological polar surface area (TPSA) is 59.0 Å². The van der Waals surface area contributed by atoms with Crippen LogP contribution in [0.1, 0.15) is 5.56 Å². The highest BCUT2D eigenvalue weighted by atomic mass is 35.5. The van der Waals surface area contributed by atoms with E-state index < -0.39 is 0 Å². The van der Waals surface area contributed by atoms with E-state index in [0.717, 1.165) is 0 Å². The lowest BCUT2D eigenvalue weighted by atomic mass is 10.2. The first-order valence-corrected chi connectivity index (χ1v) is 5.30. The Morgan fingerprint density at radius 1 is 1.12 bits per heavy atom. The second-order valence-electron chi connectivity index (χ2n) is 3.39. The molecule has 0 aliphatic heterocycles. The Morgan fingerprint density at radius 2 is 1.82 bits per heavy atom. The van der Waals surface area contributed by atoms with E-state index in [0.29, 0.717) is 27.8 Å². The first-order valence-electron chi connectivity index (χ1n) is 4.92. The summed E-state index contributed by atoms with van der Waals surface area (Å²) < 4.78 is 5.57. The number of anilines is 1. The summed E-state index contributed by atoms with van der Waals surface area (Å²) in [6.07, 6.45) is 0. The highest BCUT2D eigenvalue weighted by Gasteiger charge is 2.05. The van der Waals surface area contributed by atoms with Crippen LogP contribution in [-0.2, 0) is 0 Å². The van der Waals surface area contributed by atoms with Crippen molar-refractivity contribution in [3.63, 3.8) is 0 Å². The minimum absolute atomic E-state index is 0.401. The van der Waals surface area contributed by atoms with E-state index >= 15 is 0 Å². The molecule has 0 unspecified atom stereocenters. The third kappa shape index (κ3) is 2.49. The second kappa shape index (κ2) is 4.77. The maximum Gasteiger partial charge on any atom is 0.151 e. The first kappa shape index (κ1) is 11.3. The molecule has 0 bridgehead atoms. The van der Waals surface area contributed by atoms with Gasteiger partial charge in [-0.1, -0.05) is 17.7 Å². The number of nitrogen functional groups attached to an aromatic ring is 1. The lowest BCUT2D eigenvalue weighted by Gasteiger charge is -2.09. The molecule has 2 aromatic rings. The minimum atomic E-state index is 0.401. The molecule has 0 aliphatic rings. The Kier molecular flexibility index (Phi) is 3.17. The number of halogens is 1. The lowest BCUT2D eigenvalue weighted by Crippen LogP contribution is -1.92. The van der Waals surface area contributed by atoms with Gasteiger partial charge in [-0.3, -0.25) is 0 Å². The number of benzene rings is 2. The molecule has 84 valence electrons. The molecule has 3 nitrogen and oxygen atoms in total. The van der Waals surface area contributed by atoms with Gasteiger partial charge in [-0.15, -0.1) is 0 Å². The van der Waals surface area contributed by atoms with Gasteiger partial charge in [-0.05, 0) is 36.4 Å². The molecule has 17 heavy (non-hydrogen) atoms.